The maximum Gasteiger partial charge on any atom is 0.133 e. The predicted molar refractivity (Wildman–Crippen MR) is 72.9 cm³/mol. The zero-order valence-corrected chi connectivity index (χ0v) is 10.9. The lowest BCUT2D eigenvalue weighted by Crippen LogP contribution is -2.01. The number of methoxy groups -OCH3 is 1. The van der Waals surface area contributed by atoms with Crippen LogP contribution in [-0.4, -0.2) is 7.11 Å². The first kappa shape index (κ1) is 13.2. The van der Waals surface area contributed by atoms with E-state index in [1.165, 1.54) is 13.2 Å². The van der Waals surface area contributed by atoms with Gasteiger partial charge >= 0.3 is 0 Å². The third-order valence-electron chi connectivity index (χ3n) is 2.97. The Morgan fingerprint density at radius 1 is 1.21 bits per heavy atom. The van der Waals surface area contributed by atoms with E-state index in [1.807, 2.05) is 19.1 Å². The van der Waals surface area contributed by atoms with Gasteiger partial charge in [0.1, 0.15) is 23.9 Å². The highest BCUT2D eigenvalue weighted by molar-refractivity contribution is 5.53. The van der Waals surface area contributed by atoms with E-state index in [1.54, 1.807) is 18.2 Å². The van der Waals surface area contributed by atoms with Gasteiger partial charge in [0.15, 0.2) is 0 Å². The van der Waals surface area contributed by atoms with Crippen LogP contribution in [-0.2, 0) is 6.61 Å². The molecule has 0 saturated heterocycles. The van der Waals surface area contributed by atoms with Crippen molar-refractivity contribution in [2.45, 2.75) is 13.5 Å². The molecule has 0 saturated carbocycles. The number of hydrogen-bond acceptors (Lipinski definition) is 3. The third kappa shape index (κ3) is 2.96. The van der Waals surface area contributed by atoms with Crippen molar-refractivity contribution in [3.8, 4) is 11.5 Å². The highest BCUT2D eigenvalue weighted by Gasteiger charge is 2.07. The van der Waals surface area contributed by atoms with Gasteiger partial charge in [0.2, 0.25) is 0 Å². The maximum atomic E-state index is 13.7. The summed E-state index contributed by atoms with van der Waals surface area (Å²) in [6.45, 7) is 2.02. The molecule has 0 atom stereocenters. The lowest BCUT2D eigenvalue weighted by molar-refractivity contribution is 0.297. The Bertz CT molecular complexity index is 584. The van der Waals surface area contributed by atoms with Gasteiger partial charge in [0, 0.05) is 22.9 Å². The highest BCUT2D eigenvalue weighted by atomic mass is 19.1. The number of ether oxygens (including phenoxy) is 2. The molecular weight excluding hydrogens is 245 g/mol. The standard InChI is InChI=1S/C15H16FNO2/c1-10-14(17)4-3-5-15(10)19-9-11-6-7-12(18-2)8-13(11)16/h3-8H,9,17H2,1-2H3. The Morgan fingerprint density at radius 3 is 2.68 bits per heavy atom. The summed E-state index contributed by atoms with van der Waals surface area (Å²) in [5.41, 5.74) is 7.78. The van der Waals surface area contributed by atoms with Crippen molar-refractivity contribution in [3.63, 3.8) is 0 Å². The van der Waals surface area contributed by atoms with Gasteiger partial charge < -0.3 is 15.2 Å². The molecule has 0 aliphatic rings. The summed E-state index contributed by atoms with van der Waals surface area (Å²) in [5.74, 6) is 0.803. The molecule has 0 aliphatic heterocycles. The van der Waals surface area contributed by atoms with E-state index in [-0.39, 0.29) is 12.4 Å². The Labute approximate surface area is 111 Å². The molecule has 3 nitrogen and oxygen atoms in total. The van der Waals surface area contributed by atoms with Crippen molar-refractivity contribution >= 4 is 5.69 Å². The quantitative estimate of drug-likeness (QED) is 0.859. The molecule has 0 amide bonds. The molecule has 100 valence electrons. The first-order valence-corrected chi connectivity index (χ1v) is 5.92. The zero-order valence-electron chi connectivity index (χ0n) is 10.9. The van der Waals surface area contributed by atoms with Crippen LogP contribution in [0.15, 0.2) is 36.4 Å². The molecule has 2 N–H and O–H groups in total. The molecule has 0 bridgehead atoms. The minimum Gasteiger partial charge on any atom is -0.497 e. The minimum absolute atomic E-state index is 0.153. The second-order valence-electron chi connectivity index (χ2n) is 4.22. The SMILES string of the molecule is COc1ccc(COc2cccc(N)c2C)c(F)c1. The second kappa shape index (κ2) is 5.61. The average molecular weight is 261 g/mol. The fourth-order valence-corrected chi connectivity index (χ4v) is 1.72. The van der Waals surface area contributed by atoms with Crippen LogP contribution in [0, 0.1) is 12.7 Å². The van der Waals surface area contributed by atoms with Crippen molar-refractivity contribution in [2.75, 3.05) is 12.8 Å². The van der Waals surface area contributed by atoms with Crippen molar-refractivity contribution in [1.82, 2.24) is 0 Å². The first-order valence-electron chi connectivity index (χ1n) is 5.92. The van der Waals surface area contributed by atoms with Crippen molar-refractivity contribution in [3.05, 3.63) is 53.3 Å². The van der Waals surface area contributed by atoms with Gasteiger partial charge in [-0.15, -0.1) is 0 Å². The first-order chi connectivity index (χ1) is 9.11. The summed E-state index contributed by atoms with van der Waals surface area (Å²) in [6.07, 6.45) is 0. The number of nitrogens with two attached hydrogens (primary N) is 1. The molecule has 0 spiro atoms. The summed E-state index contributed by atoms with van der Waals surface area (Å²) >= 11 is 0. The minimum atomic E-state index is -0.346. The van der Waals surface area contributed by atoms with Gasteiger partial charge in [-0.1, -0.05) is 6.07 Å². The van der Waals surface area contributed by atoms with Crippen LogP contribution in [0.3, 0.4) is 0 Å². The Morgan fingerprint density at radius 2 is 2.00 bits per heavy atom. The number of hydrogen-bond donors (Lipinski definition) is 1. The number of nitrogen functional groups attached to an aromatic ring is 1. The van der Waals surface area contributed by atoms with E-state index >= 15 is 0 Å². The fourth-order valence-electron chi connectivity index (χ4n) is 1.72. The molecule has 2 rings (SSSR count). The molecule has 4 heteroatoms. The van der Waals surface area contributed by atoms with Gasteiger partial charge in [0.25, 0.3) is 0 Å². The fraction of sp³-hybridized carbons (Fsp3) is 0.200. The molecule has 0 fully saturated rings. The van der Waals surface area contributed by atoms with Gasteiger partial charge in [-0.05, 0) is 31.2 Å². The summed E-state index contributed by atoms with van der Waals surface area (Å²) in [4.78, 5) is 0. The molecular formula is C15H16FNO2. The van der Waals surface area contributed by atoms with Gasteiger partial charge in [0.05, 0.1) is 7.11 Å². The molecule has 19 heavy (non-hydrogen) atoms. The highest BCUT2D eigenvalue weighted by Crippen LogP contribution is 2.24. The second-order valence-corrected chi connectivity index (χ2v) is 4.22. The smallest absolute Gasteiger partial charge is 0.133 e. The zero-order chi connectivity index (χ0) is 13.8. The molecule has 2 aromatic carbocycles. The predicted octanol–water partition coefficient (Wildman–Crippen LogP) is 3.30. The normalized spacial score (nSPS) is 10.3. The summed E-state index contributed by atoms with van der Waals surface area (Å²) in [5, 5.41) is 0. The average Bonchev–Trinajstić information content (AvgIpc) is 2.41. The molecule has 2 aromatic rings. The monoisotopic (exact) mass is 261 g/mol. The van der Waals surface area contributed by atoms with Crippen LogP contribution >= 0.6 is 0 Å². The molecule has 0 aromatic heterocycles. The summed E-state index contributed by atoms with van der Waals surface area (Å²) in [6, 6.07) is 10.1. The van der Waals surface area contributed by atoms with E-state index in [4.69, 9.17) is 15.2 Å². The van der Waals surface area contributed by atoms with Gasteiger partial charge in [-0.2, -0.15) is 0 Å². The summed E-state index contributed by atoms with van der Waals surface area (Å²) < 4.78 is 24.3. The number of anilines is 1. The Hall–Kier alpha value is -2.23. The molecule has 0 unspecified atom stereocenters. The Balaban J connectivity index is 2.12. The van der Waals surface area contributed by atoms with Crippen LogP contribution in [0.5, 0.6) is 11.5 Å². The van der Waals surface area contributed by atoms with E-state index in [0.717, 1.165) is 5.56 Å². The molecule has 0 heterocycles. The topological polar surface area (TPSA) is 44.5 Å². The molecule has 0 aliphatic carbocycles. The van der Waals surface area contributed by atoms with E-state index in [2.05, 4.69) is 0 Å². The van der Waals surface area contributed by atoms with Crippen molar-refractivity contribution in [2.24, 2.45) is 0 Å². The van der Waals surface area contributed by atoms with Crippen molar-refractivity contribution in [1.29, 1.82) is 0 Å². The lowest BCUT2D eigenvalue weighted by atomic mass is 10.2. The Kier molecular flexibility index (Phi) is 3.90. The van der Waals surface area contributed by atoms with Crippen LogP contribution in [0.2, 0.25) is 0 Å². The van der Waals surface area contributed by atoms with Crippen LogP contribution in [0.1, 0.15) is 11.1 Å². The van der Waals surface area contributed by atoms with E-state index in [0.29, 0.717) is 22.7 Å². The van der Waals surface area contributed by atoms with Crippen LogP contribution < -0.4 is 15.2 Å². The number of rotatable bonds is 4. The van der Waals surface area contributed by atoms with Gasteiger partial charge in [-0.3, -0.25) is 0 Å². The molecule has 0 radical (unpaired) electrons. The summed E-state index contributed by atoms with van der Waals surface area (Å²) in [7, 11) is 1.50. The maximum absolute atomic E-state index is 13.7. The van der Waals surface area contributed by atoms with Crippen LogP contribution in [0.4, 0.5) is 10.1 Å². The number of halogens is 1. The van der Waals surface area contributed by atoms with Gasteiger partial charge in [-0.25, -0.2) is 4.39 Å². The largest absolute Gasteiger partial charge is 0.497 e. The number of benzene rings is 2. The third-order valence-corrected chi connectivity index (χ3v) is 2.97. The van der Waals surface area contributed by atoms with Crippen LogP contribution in [0.25, 0.3) is 0 Å². The van der Waals surface area contributed by atoms with E-state index in [9.17, 15) is 4.39 Å². The van der Waals surface area contributed by atoms with Crippen molar-refractivity contribution < 1.29 is 13.9 Å². The van der Waals surface area contributed by atoms with E-state index < -0.39 is 0 Å². The lowest BCUT2D eigenvalue weighted by Gasteiger charge is -2.11.